The van der Waals surface area contributed by atoms with E-state index in [4.69, 9.17) is 0 Å². The van der Waals surface area contributed by atoms with Crippen LogP contribution in [0, 0.1) is 26.7 Å². The van der Waals surface area contributed by atoms with Crippen molar-refractivity contribution in [2.45, 2.75) is 45.2 Å². The molecule has 4 heterocycles. The molecule has 0 radical (unpaired) electrons. The molecule has 4 atom stereocenters. The van der Waals surface area contributed by atoms with E-state index in [-0.39, 0.29) is 11.7 Å². The van der Waals surface area contributed by atoms with E-state index >= 15 is 0 Å². The van der Waals surface area contributed by atoms with Crippen LogP contribution in [0.4, 0.5) is 0 Å². The molecule has 5 nitrogen and oxygen atoms in total. The van der Waals surface area contributed by atoms with Gasteiger partial charge in [-0.05, 0) is 78.7 Å². The molecule has 1 aliphatic heterocycles. The Morgan fingerprint density at radius 2 is 1.46 bits per heavy atom. The Morgan fingerprint density at radius 1 is 0.811 bits per heavy atom. The SMILES string of the molecule is Cc1ccccc1C(=O)C1C(c2sccc2C)N(C(=O)c2cccs2)C(C)(C(=O)O)C1c1sccc1C. The Bertz CT molecular complexity index is 1480. The average molecular weight is 550 g/mol. The number of thiophene rings is 3. The van der Waals surface area contributed by atoms with Crippen LogP contribution in [0.1, 0.15) is 65.4 Å². The van der Waals surface area contributed by atoms with Crippen LogP contribution in [-0.4, -0.2) is 33.2 Å². The number of likely N-dealkylation sites (tertiary alicyclic amines) is 1. The molecule has 190 valence electrons. The van der Waals surface area contributed by atoms with E-state index in [0.29, 0.717) is 10.4 Å². The second kappa shape index (κ2) is 9.67. The third-order valence-electron chi connectivity index (χ3n) is 7.54. The summed E-state index contributed by atoms with van der Waals surface area (Å²) in [4.78, 5) is 45.7. The zero-order chi connectivity index (χ0) is 26.5. The number of ketones is 1. The fourth-order valence-corrected chi connectivity index (χ4v) is 8.56. The number of benzene rings is 1. The Balaban J connectivity index is 1.84. The molecule has 1 fully saturated rings. The van der Waals surface area contributed by atoms with E-state index in [2.05, 4.69) is 0 Å². The number of Topliss-reactive ketones (excluding diaryl/α,β-unsaturated/α-hetero) is 1. The number of carbonyl (C=O) groups is 3. The van der Waals surface area contributed by atoms with Crippen LogP contribution in [0.5, 0.6) is 0 Å². The van der Waals surface area contributed by atoms with E-state index in [1.807, 2.05) is 67.2 Å². The second-order valence-corrected chi connectivity index (χ2v) is 12.5. The molecule has 1 N–H and O–H groups in total. The van der Waals surface area contributed by atoms with Crippen molar-refractivity contribution < 1.29 is 19.5 Å². The summed E-state index contributed by atoms with van der Waals surface area (Å²) in [7, 11) is 0. The van der Waals surface area contributed by atoms with E-state index < -0.39 is 29.4 Å². The van der Waals surface area contributed by atoms with E-state index in [9.17, 15) is 19.5 Å². The summed E-state index contributed by atoms with van der Waals surface area (Å²) in [6.07, 6.45) is 0. The molecular weight excluding hydrogens is 523 g/mol. The minimum Gasteiger partial charge on any atom is -0.479 e. The van der Waals surface area contributed by atoms with Gasteiger partial charge in [0.1, 0.15) is 5.54 Å². The largest absolute Gasteiger partial charge is 0.479 e. The molecule has 1 amide bonds. The Labute approximate surface area is 228 Å². The molecule has 1 aliphatic rings. The molecule has 0 bridgehead atoms. The highest BCUT2D eigenvalue weighted by Crippen LogP contribution is 2.59. The summed E-state index contributed by atoms with van der Waals surface area (Å²) < 4.78 is 0. The van der Waals surface area contributed by atoms with Crippen LogP contribution in [0.3, 0.4) is 0 Å². The summed E-state index contributed by atoms with van der Waals surface area (Å²) in [6.45, 7) is 7.41. The van der Waals surface area contributed by atoms with Gasteiger partial charge in [-0.15, -0.1) is 34.0 Å². The maximum atomic E-state index is 14.5. The standard InChI is InChI=1S/C29H27NO4S3/c1-16-8-5-6-9-19(16)24(31)21-22(25-17(2)11-14-36-25)29(4,28(33)34)30(27(32)20-10-7-13-35-20)23(21)26-18(3)12-15-37-26/h5-15,21-23H,1-4H3,(H,33,34). The third kappa shape index (κ3) is 3.98. The first-order valence-corrected chi connectivity index (χ1v) is 14.6. The molecule has 8 heteroatoms. The monoisotopic (exact) mass is 549 g/mol. The maximum absolute atomic E-state index is 14.5. The van der Waals surface area contributed by atoms with Crippen molar-refractivity contribution >= 4 is 51.7 Å². The molecule has 37 heavy (non-hydrogen) atoms. The van der Waals surface area contributed by atoms with Crippen molar-refractivity contribution in [1.82, 2.24) is 4.90 Å². The number of carbonyl (C=O) groups excluding carboxylic acids is 2. The smallest absolute Gasteiger partial charge is 0.330 e. The highest BCUT2D eigenvalue weighted by atomic mass is 32.1. The van der Waals surface area contributed by atoms with Crippen LogP contribution in [0.15, 0.2) is 64.7 Å². The zero-order valence-corrected chi connectivity index (χ0v) is 23.4. The minimum absolute atomic E-state index is 0.136. The number of hydrogen-bond acceptors (Lipinski definition) is 6. The van der Waals surface area contributed by atoms with Gasteiger partial charge in [0.2, 0.25) is 0 Å². The summed E-state index contributed by atoms with van der Waals surface area (Å²) >= 11 is 4.20. The van der Waals surface area contributed by atoms with Gasteiger partial charge in [-0.2, -0.15) is 0 Å². The lowest BCUT2D eigenvalue weighted by Crippen LogP contribution is -2.54. The fourth-order valence-electron chi connectivity index (χ4n) is 5.64. The summed E-state index contributed by atoms with van der Waals surface area (Å²) in [5.41, 5.74) is 1.61. The van der Waals surface area contributed by atoms with Gasteiger partial charge in [-0.1, -0.05) is 30.3 Å². The van der Waals surface area contributed by atoms with Crippen LogP contribution in [0.25, 0.3) is 0 Å². The minimum atomic E-state index is -1.65. The Morgan fingerprint density at radius 3 is 2.00 bits per heavy atom. The Kier molecular flexibility index (Phi) is 6.68. The van der Waals surface area contributed by atoms with Gasteiger partial charge in [0.25, 0.3) is 5.91 Å². The fraction of sp³-hybridized carbons (Fsp3) is 0.276. The van der Waals surface area contributed by atoms with Gasteiger partial charge in [-0.25, -0.2) is 4.79 Å². The average Bonchev–Trinajstić information content (AvgIpc) is 3.66. The van der Waals surface area contributed by atoms with Crippen molar-refractivity contribution in [3.63, 3.8) is 0 Å². The van der Waals surface area contributed by atoms with Crippen molar-refractivity contribution in [3.8, 4) is 0 Å². The number of aryl methyl sites for hydroxylation is 3. The van der Waals surface area contributed by atoms with Gasteiger partial charge in [0.05, 0.1) is 16.8 Å². The molecule has 4 unspecified atom stereocenters. The van der Waals surface area contributed by atoms with Gasteiger partial charge < -0.3 is 10.0 Å². The van der Waals surface area contributed by atoms with Crippen LogP contribution < -0.4 is 0 Å². The first kappa shape index (κ1) is 25.6. The van der Waals surface area contributed by atoms with E-state index in [1.165, 1.54) is 38.9 Å². The summed E-state index contributed by atoms with van der Waals surface area (Å²) in [5, 5.41) is 16.5. The predicted molar refractivity (Wildman–Crippen MR) is 149 cm³/mol. The van der Waals surface area contributed by atoms with Gasteiger partial charge in [0, 0.05) is 21.2 Å². The van der Waals surface area contributed by atoms with Crippen LogP contribution in [0.2, 0.25) is 0 Å². The number of hydrogen-bond donors (Lipinski definition) is 1. The molecule has 1 aromatic carbocycles. The topological polar surface area (TPSA) is 74.7 Å². The number of amides is 1. The first-order valence-electron chi connectivity index (χ1n) is 12.0. The first-order chi connectivity index (χ1) is 17.7. The number of carboxylic acids is 1. The second-order valence-electron chi connectivity index (χ2n) is 9.67. The van der Waals surface area contributed by atoms with Gasteiger partial charge in [0.15, 0.2) is 5.78 Å². The van der Waals surface area contributed by atoms with Crippen molar-refractivity contribution in [2.24, 2.45) is 5.92 Å². The number of nitrogens with zero attached hydrogens (tertiary/aromatic N) is 1. The molecule has 5 rings (SSSR count). The zero-order valence-electron chi connectivity index (χ0n) is 20.9. The van der Waals surface area contributed by atoms with E-state index in [0.717, 1.165) is 26.4 Å². The molecule has 0 aliphatic carbocycles. The van der Waals surface area contributed by atoms with Crippen molar-refractivity contribution in [2.75, 3.05) is 0 Å². The third-order valence-corrected chi connectivity index (χ3v) is 10.6. The highest BCUT2D eigenvalue weighted by Gasteiger charge is 2.66. The molecule has 3 aromatic heterocycles. The molecule has 1 saturated heterocycles. The predicted octanol–water partition coefficient (Wildman–Crippen LogP) is 7.12. The lowest BCUT2D eigenvalue weighted by atomic mass is 9.74. The molecular formula is C29H27NO4S3. The highest BCUT2D eigenvalue weighted by molar-refractivity contribution is 7.12. The molecule has 4 aromatic rings. The van der Waals surface area contributed by atoms with Gasteiger partial charge in [-0.3, -0.25) is 9.59 Å². The lowest BCUT2D eigenvalue weighted by Gasteiger charge is -2.37. The van der Waals surface area contributed by atoms with Crippen molar-refractivity contribution in [1.29, 1.82) is 0 Å². The normalized spacial score (nSPS) is 23.4. The Hall–Kier alpha value is -3.07. The quantitative estimate of drug-likeness (QED) is 0.260. The lowest BCUT2D eigenvalue weighted by molar-refractivity contribution is -0.148. The van der Waals surface area contributed by atoms with Crippen LogP contribution >= 0.6 is 34.0 Å². The number of carboxylic acid groups (broad SMARTS) is 1. The molecule has 0 spiro atoms. The number of rotatable bonds is 6. The molecule has 0 saturated carbocycles. The maximum Gasteiger partial charge on any atom is 0.330 e. The van der Waals surface area contributed by atoms with Crippen LogP contribution in [-0.2, 0) is 4.79 Å². The summed E-state index contributed by atoms with van der Waals surface area (Å²) in [6, 6.07) is 14.1. The number of aliphatic carboxylic acids is 1. The van der Waals surface area contributed by atoms with Gasteiger partial charge >= 0.3 is 5.97 Å². The summed E-state index contributed by atoms with van der Waals surface area (Å²) in [5.74, 6) is -3.12. The van der Waals surface area contributed by atoms with Crippen molar-refractivity contribution in [3.05, 3.63) is 102 Å². The van der Waals surface area contributed by atoms with E-state index in [1.54, 1.807) is 25.1 Å².